The number of hydrogen-bond acceptors (Lipinski definition) is 8. The largest absolute Gasteiger partial charge is 0.465 e. The Hall–Kier alpha value is -3.92. The van der Waals surface area contributed by atoms with E-state index in [2.05, 4.69) is 14.8 Å². The lowest BCUT2D eigenvalue weighted by atomic mass is 10.1. The number of anilines is 1. The number of ether oxygens (including phenoxy) is 2. The Kier molecular flexibility index (Phi) is 6.74. The van der Waals surface area contributed by atoms with Crippen LogP contribution in [0, 0.1) is 0 Å². The average molecular weight is 457 g/mol. The molecule has 0 atom stereocenters. The first-order chi connectivity index (χ1) is 15.2. The van der Waals surface area contributed by atoms with Gasteiger partial charge < -0.3 is 19.2 Å². The fourth-order valence-corrected chi connectivity index (χ4v) is 4.11. The molecule has 0 radical (unpaired) electrons. The van der Waals surface area contributed by atoms with Crippen molar-refractivity contribution in [2.45, 2.75) is 10.6 Å². The number of methoxy groups -OCH3 is 2. The molecule has 0 unspecified atom stereocenters. The second-order valence-corrected chi connectivity index (χ2v) is 8.56. The smallest absolute Gasteiger partial charge is 0.337 e. The summed E-state index contributed by atoms with van der Waals surface area (Å²) < 4.78 is 39.7. The first-order valence-corrected chi connectivity index (χ1v) is 10.9. The third kappa shape index (κ3) is 5.22. The molecule has 3 aromatic rings. The van der Waals surface area contributed by atoms with Crippen molar-refractivity contribution < 1.29 is 36.7 Å². The fourth-order valence-electron chi connectivity index (χ4n) is 2.84. The molecule has 1 amide bonds. The van der Waals surface area contributed by atoms with E-state index < -0.39 is 33.4 Å². The second kappa shape index (κ2) is 9.48. The summed E-state index contributed by atoms with van der Waals surface area (Å²) in [6, 6.07) is 14.5. The van der Waals surface area contributed by atoms with Crippen LogP contribution in [0.2, 0.25) is 0 Å². The van der Waals surface area contributed by atoms with E-state index >= 15 is 0 Å². The van der Waals surface area contributed by atoms with E-state index in [1.165, 1.54) is 56.7 Å². The molecule has 0 saturated carbocycles. The summed E-state index contributed by atoms with van der Waals surface area (Å²) in [7, 11) is -1.29. The predicted octanol–water partition coefficient (Wildman–Crippen LogP) is 3.08. The van der Waals surface area contributed by atoms with Crippen LogP contribution in [0.1, 0.15) is 37.0 Å². The van der Waals surface area contributed by atoms with Crippen LogP contribution >= 0.6 is 0 Å². The Morgan fingerprint density at radius 2 is 1.47 bits per heavy atom. The van der Waals surface area contributed by atoms with Gasteiger partial charge in [-0.25, -0.2) is 18.0 Å². The van der Waals surface area contributed by atoms with Crippen LogP contribution in [-0.4, -0.2) is 40.5 Å². The monoisotopic (exact) mass is 457 g/mol. The normalized spacial score (nSPS) is 10.9. The summed E-state index contributed by atoms with van der Waals surface area (Å²) in [6.07, 6.45) is 0. The highest BCUT2D eigenvalue weighted by Crippen LogP contribution is 2.21. The van der Waals surface area contributed by atoms with Gasteiger partial charge in [0.1, 0.15) is 11.5 Å². The zero-order chi connectivity index (χ0) is 23.3. The number of hydrogen-bond donors (Lipinski definition) is 1. The van der Waals surface area contributed by atoms with Gasteiger partial charge in [-0.2, -0.15) is 0 Å². The van der Waals surface area contributed by atoms with Crippen molar-refractivity contribution in [3.8, 4) is 0 Å². The Morgan fingerprint density at radius 1 is 0.875 bits per heavy atom. The van der Waals surface area contributed by atoms with Gasteiger partial charge in [0.05, 0.1) is 30.2 Å². The second-order valence-electron chi connectivity index (χ2n) is 6.57. The van der Waals surface area contributed by atoms with Crippen LogP contribution in [0.25, 0.3) is 0 Å². The molecule has 0 saturated heterocycles. The van der Waals surface area contributed by atoms with Gasteiger partial charge in [-0.05, 0) is 42.5 Å². The molecular formula is C22H19NO8S. The highest BCUT2D eigenvalue weighted by atomic mass is 32.2. The standard InChI is InChI=1S/C22H19NO8S/c1-29-21(25)14-10-15(22(26)30-2)12-16(11-14)23-20(24)19-9-8-17(31-19)13-32(27,28)18-6-4-3-5-7-18/h3-12H,13H2,1-2H3,(H,23,24). The Morgan fingerprint density at radius 3 is 2.03 bits per heavy atom. The fraction of sp³-hybridized carbons (Fsp3) is 0.136. The lowest BCUT2D eigenvalue weighted by Crippen LogP contribution is -2.14. The molecule has 0 spiro atoms. The third-order valence-corrected chi connectivity index (χ3v) is 6.01. The van der Waals surface area contributed by atoms with Crippen molar-refractivity contribution in [3.63, 3.8) is 0 Å². The molecule has 1 N–H and O–H groups in total. The van der Waals surface area contributed by atoms with Crippen LogP contribution < -0.4 is 5.32 Å². The van der Waals surface area contributed by atoms with Crippen LogP contribution in [-0.2, 0) is 25.1 Å². The molecule has 166 valence electrons. The molecule has 10 heteroatoms. The van der Waals surface area contributed by atoms with Gasteiger partial charge in [-0.3, -0.25) is 4.79 Å². The number of carbonyl (C=O) groups is 3. The van der Waals surface area contributed by atoms with Gasteiger partial charge in [0.2, 0.25) is 0 Å². The molecule has 1 heterocycles. The summed E-state index contributed by atoms with van der Waals surface area (Å²) in [5, 5.41) is 2.51. The molecular weight excluding hydrogens is 438 g/mol. The van der Waals surface area contributed by atoms with Crippen LogP contribution in [0.15, 0.2) is 70.0 Å². The van der Waals surface area contributed by atoms with Crippen molar-refractivity contribution >= 4 is 33.4 Å². The number of rotatable bonds is 7. The minimum absolute atomic E-state index is 0.0276. The molecule has 0 aliphatic rings. The Bertz CT molecular complexity index is 1230. The molecule has 0 aliphatic heterocycles. The summed E-state index contributed by atoms with van der Waals surface area (Å²) in [6.45, 7) is 0. The number of carbonyl (C=O) groups excluding carboxylic acids is 3. The SMILES string of the molecule is COC(=O)c1cc(NC(=O)c2ccc(CS(=O)(=O)c3ccccc3)o2)cc(C(=O)OC)c1. The van der Waals surface area contributed by atoms with Crippen molar-refractivity contribution in [3.05, 3.63) is 83.3 Å². The van der Waals surface area contributed by atoms with Gasteiger partial charge in [-0.1, -0.05) is 18.2 Å². The number of nitrogens with one attached hydrogen (secondary N) is 1. The maximum absolute atomic E-state index is 12.6. The number of amides is 1. The number of esters is 2. The summed E-state index contributed by atoms with van der Waals surface area (Å²) in [5.74, 6) is -2.61. The van der Waals surface area contributed by atoms with Crippen LogP contribution in [0.3, 0.4) is 0 Å². The van der Waals surface area contributed by atoms with Crippen molar-refractivity contribution in [2.75, 3.05) is 19.5 Å². The lowest BCUT2D eigenvalue weighted by Gasteiger charge is -2.09. The molecule has 1 aromatic heterocycles. The molecule has 9 nitrogen and oxygen atoms in total. The van der Waals surface area contributed by atoms with E-state index in [1.807, 2.05) is 0 Å². The van der Waals surface area contributed by atoms with E-state index in [1.54, 1.807) is 18.2 Å². The summed E-state index contributed by atoms with van der Waals surface area (Å²) in [5.41, 5.74) is 0.174. The van der Waals surface area contributed by atoms with E-state index in [0.717, 1.165) is 0 Å². The van der Waals surface area contributed by atoms with Gasteiger partial charge >= 0.3 is 11.9 Å². The van der Waals surface area contributed by atoms with Crippen LogP contribution in [0.5, 0.6) is 0 Å². The van der Waals surface area contributed by atoms with Crippen molar-refractivity contribution in [1.29, 1.82) is 0 Å². The van der Waals surface area contributed by atoms with E-state index in [-0.39, 0.29) is 33.2 Å². The van der Waals surface area contributed by atoms with E-state index in [9.17, 15) is 22.8 Å². The minimum atomic E-state index is -3.65. The minimum Gasteiger partial charge on any atom is -0.465 e. The highest BCUT2D eigenvalue weighted by Gasteiger charge is 2.20. The summed E-state index contributed by atoms with van der Waals surface area (Å²) in [4.78, 5) is 36.5. The zero-order valence-corrected chi connectivity index (χ0v) is 18.0. The quantitative estimate of drug-likeness (QED) is 0.536. The van der Waals surface area contributed by atoms with Crippen LogP contribution in [0.4, 0.5) is 5.69 Å². The van der Waals surface area contributed by atoms with Gasteiger partial charge in [0.25, 0.3) is 5.91 Å². The number of benzene rings is 2. The van der Waals surface area contributed by atoms with E-state index in [0.29, 0.717) is 0 Å². The molecule has 0 fully saturated rings. The number of furan rings is 1. The van der Waals surface area contributed by atoms with Gasteiger partial charge in [0, 0.05) is 5.69 Å². The molecule has 3 rings (SSSR count). The summed E-state index contributed by atoms with van der Waals surface area (Å²) >= 11 is 0. The maximum Gasteiger partial charge on any atom is 0.337 e. The van der Waals surface area contributed by atoms with Gasteiger partial charge in [-0.15, -0.1) is 0 Å². The Balaban J connectivity index is 1.80. The lowest BCUT2D eigenvalue weighted by molar-refractivity contribution is 0.0598. The molecule has 0 aliphatic carbocycles. The first-order valence-electron chi connectivity index (χ1n) is 9.23. The number of sulfone groups is 1. The van der Waals surface area contributed by atoms with Gasteiger partial charge in [0.15, 0.2) is 15.6 Å². The topological polar surface area (TPSA) is 129 Å². The maximum atomic E-state index is 12.6. The highest BCUT2D eigenvalue weighted by molar-refractivity contribution is 7.90. The van der Waals surface area contributed by atoms with Crippen molar-refractivity contribution in [1.82, 2.24) is 0 Å². The first kappa shape index (κ1) is 22.8. The Labute approximate surface area is 183 Å². The molecule has 2 aromatic carbocycles. The molecule has 0 bridgehead atoms. The predicted molar refractivity (Wildman–Crippen MR) is 113 cm³/mol. The van der Waals surface area contributed by atoms with E-state index in [4.69, 9.17) is 4.42 Å². The zero-order valence-electron chi connectivity index (χ0n) is 17.2. The third-order valence-electron chi connectivity index (χ3n) is 4.35. The van der Waals surface area contributed by atoms with Crippen molar-refractivity contribution in [2.24, 2.45) is 0 Å². The average Bonchev–Trinajstić information content (AvgIpc) is 3.26. The molecule has 32 heavy (non-hydrogen) atoms.